The molecule has 0 aliphatic heterocycles. The fraction of sp³-hybridized carbons (Fsp3) is 0.364. The van der Waals surface area contributed by atoms with Crippen LogP contribution in [0.15, 0.2) is 18.2 Å². The number of carbonyl (C=O) groups excluding carboxylic acids is 1. The number of nitro groups is 1. The van der Waals surface area contributed by atoms with Crippen molar-refractivity contribution in [3.63, 3.8) is 0 Å². The third-order valence-corrected chi connectivity index (χ3v) is 2.74. The molecular formula is C11H14ClN3O4. The first-order chi connectivity index (χ1) is 8.97. The number of nitrogens with two attached hydrogens (primary N) is 1. The number of halogens is 1. The second-order valence-electron chi connectivity index (χ2n) is 3.77. The molecule has 0 aromatic heterocycles. The summed E-state index contributed by atoms with van der Waals surface area (Å²) in [6, 6.07) is 3.96. The van der Waals surface area contributed by atoms with Gasteiger partial charge in [-0.15, -0.1) is 0 Å². The Balaban J connectivity index is 2.70. The molecule has 1 aromatic carbocycles. The number of hydrogen-bond donors (Lipinski definition) is 2. The highest BCUT2D eigenvalue weighted by Crippen LogP contribution is 2.27. The van der Waals surface area contributed by atoms with Crippen LogP contribution in [0.1, 0.15) is 6.42 Å². The average Bonchev–Trinajstić information content (AvgIpc) is 2.35. The lowest BCUT2D eigenvalue weighted by atomic mass is 10.2. The van der Waals surface area contributed by atoms with E-state index in [4.69, 9.17) is 22.1 Å². The molecule has 0 saturated heterocycles. The van der Waals surface area contributed by atoms with E-state index in [9.17, 15) is 14.9 Å². The first kappa shape index (κ1) is 15.4. The number of nitro benzene ring substituents is 1. The van der Waals surface area contributed by atoms with Crippen molar-refractivity contribution in [1.29, 1.82) is 0 Å². The summed E-state index contributed by atoms with van der Waals surface area (Å²) in [5, 5.41) is 13.1. The van der Waals surface area contributed by atoms with Gasteiger partial charge in [0.15, 0.2) is 0 Å². The van der Waals surface area contributed by atoms with Gasteiger partial charge in [-0.25, -0.2) is 0 Å². The van der Waals surface area contributed by atoms with Crippen molar-refractivity contribution in [2.75, 3.05) is 19.0 Å². The van der Waals surface area contributed by atoms with Crippen LogP contribution in [0.5, 0.6) is 0 Å². The van der Waals surface area contributed by atoms with Gasteiger partial charge in [0.25, 0.3) is 5.69 Å². The molecule has 0 saturated carbocycles. The van der Waals surface area contributed by atoms with E-state index in [1.165, 1.54) is 25.3 Å². The molecule has 0 bridgehead atoms. The van der Waals surface area contributed by atoms with Gasteiger partial charge in [-0.05, 0) is 12.1 Å². The largest absolute Gasteiger partial charge is 0.380 e. The Labute approximate surface area is 114 Å². The summed E-state index contributed by atoms with van der Waals surface area (Å²) in [5.41, 5.74) is 5.57. The molecule has 1 atom stereocenters. The van der Waals surface area contributed by atoms with Gasteiger partial charge in [-0.3, -0.25) is 14.9 Å². The van der Waals surface area contributed by atoms with Crippen LogP contribution in [0.25, 0.3) is 0 Å². The maximum absolute atomic E-state index is 11.6. The molecule has 1 unspecified atom stereocenters. The van der Waals surface area contributed by atoms with Crippen LogP contribution in [-0.4, -0.2) is 30.6 Å². The molecule has 7 nitrogen and oxygen atoms in total. The summed E-state index contributed by atoms with van der Waals surface area (Å²) >= 11 is 5.73. The molecule has 0 fully saturated rings. The van der Waals surface area contributed by atoms with Crippen LogP contribution in [0.2, 0.25) is 5.02 Å². The molecule has 0 spiro atoms. The highest BCUT2D eigenvalue weighted by Gasteiger charge is 2.15. The third kappa shape index (κ3) is 4.47. The fourth-order valence-electron chi connectivity index (χ4n) is 1.41. The number of amides is 1. The number of methoxy groups -OCH3 is 1. The van der Waals surface area contributed by atoms with Crippen molar-refractivity contribution in [3.8, 4) is 0 Å². The van der Waals surface area contributed by atoms with E-state index < -0.39 is 4.92 Å². The molecule has 0 aliphatic rings. The van der Waals surface area contributed by atoms with E-state index in [1.807, 2.05) is 0 Å². The van der Waals surface area contributed by atoms with Gasteiger partial charge in [0.1, 0.15) is 5.02 Å². The average molecular weight is 288 g/mol. The van der Waals surface area contributed by atoms with Gasteiger partial charge in [-0.2, -0.15) is 0 Å². The van der Waals surface area contributed by atoms with Gasteiger partial charge in [0, 0.05) is 25.4 Å². The van der Waals surface area contributed by atoms with Gasteiger partial charge in [0.05, 0.1) is 17.4 Å². The number of benzene rings is 1. The van der Waals surface area contributed by atoms with Crippen molar-refractivity contribution < 1.29 is 14.5 Å². The minimum Gasteiger partial charge on any atom is -0.380 e. The lowest BCUT2D eigenvalue weighted by Gasteiger charge is -2.12. The van der Waals surface area contributed by atoms with Crippen LogP contribution in [0, 0.1) is 10.1 Å². The van der Waals surface area contributed by atoms with Crippen LogP contribution in [0.4, 0.5) is 11.4 Å². The zero-order chi connectivity index (χ0) is 14.4. The predicted molar refractivity (Wildman–Crippen MR) is 71.2 cm³/mol. The predicted octanol–water partition coefficient (Wildman–Crippen LogP) is 1.55. The highest BCUT2D eigenvalue weighted by atomic mass is 35.5. The number of hydrogen-bond acceptors (Lipinski definition) is 5. The van der Waals surface area contributed by atoms with Crippen LogP contribution in [-0.2, 0) is 9.53 Å². The van der Waals surface area contributed by atoms with E-state index in [0.29, 0.717) is 5.69 Å². The lowest BCUT2D eigenvalue weighted by Crippen LogP contribution is -2.28. The van der Waals surface area contributed by atoms with E-state index in [1.54, 1.807) is 0 Å². The molecular weight excluding hydrogens is 274 g/mol. The minimum absolute atomic E-state index is 0.0371. The first-order valence-electron chi connectivity index (χ1n) is 5.44. The van der Waals surface area contributed by atoms with Gasteiger partial charge in [0.2, 0.25) is 5.91 Å². The smallest absolute Gasteiger partial charge is 0.288 e. The quantitative estimate of drug-likeness (QED) is 0.609. The highest BCUT2D eigenvalue weighted by molar-refractivity contribution is 6.33. The van der Waals surface area contributed by atoms with Crippen molar-refractivity contribution in [2.45, 2.75) is 12.5 Å². The molecule has 3 N–H and O–H groups in total. The van der Waals surface area contributed by atoms with E-state index in [2.05, 4.69) is 5.32 Å². The van der Waals surface area contributed by atoms with E-state index in [0.717, 1.165) is 0 Å². The molecule has 1 rings (SSSR count). The Bertz CT molecular complexity index is 477. The van der Waals surface area contributed by atoms with Crippen LogP contribution in [0.3, 0.4) is 0 Å². The molecule has 0 radical (unpaired) electrons. The summed E-state index contributed by atoms with van der Waals surface area (Å²) in [6.07, 6.45) is -0.268. The molecule has 8 heteroatoms. The summed E-state index contributed by atoms with van der Waals surface area (Å²) in [7, 11) is 1.47. The Morgan fingerprint density at radius 2 is 2.32 bits per heavy atom. The standard InChI is InChI=1S/C11H14ClN3O4/c1-19-8(6-13)5-11(16)14-7-2-3-10(15(17)18)9(12)4-7/h2-4,8H,5-6,13H2,1H3,(H,14,16). The Kier molecular flexibility index (Phi) is 5.68. The number of carbonyl (C=O) groups is 1. The first-order valence-corrected chi connectivity index (χ1v) is 5.82. The number of nitrogens with one attached hydrogen (secondary N) is 1. The number of anilines is 1. The minimum atomic E-state index is -0.594. The molecule has 1 amide bonds. The van der Waals surface area contributed by atoms with Gasteiger partial charge >= 0.3 is 0 Å². The number of nitrogens with zero attached hydrogens (tertiary/aromatic N) is 1. The maximum atomic E-state index is 11.6. The van der Waals surface area contributed by atoms with Crippen LogP contribution < -0.4 is 11.1 Å². The normalized spacial score (nSPS) is 11.9. The Morgan fingerprint density at radius 3 is 2.79 bits per heavy atom. The van der Waals surface area contributed by atoms with Crippen molar-refractivity contribution in [3.05, 3.63) is 33.3 Å². The van der Waals surface area contributed by atoms with E-state index in [-0.39, 0.29) is 35.7 Å². The SMILES string of the molecule is COC(CN)CC(=O)Nc1ccc([N+](=O)[O-])c(Cl)c1. The van der Waals surface area contributed by atoms with Crippen molar-refractivity contribution in [2.24, 2.45) is 5.73 Å². The summed E-state index contributed by atoms with van der Waals surface area (Å²) in [6.45, 7) is 0.227. The summed E-state index contributed by atoms with van der Waals surface area (Å²) in [4.78, 5) is 21.6. The van der Waals surface area contributed by atoms with Crippen molar-refractivity contribution >= 4 is 28.9 Å². The van der Waals surface area contributed by atoms with Gasteiger partial charge in [-0.1, -0.05) is 11.6 Å². The second kappa shape index (κ2) is 7.03. The van der Waals surface area contributed by atoms with Gasteiger partial charge < -0.3 is 15.8 Å². The van der Waals surface area contributed by atoms with E-state index >= 15 is 0 Å². The molecule has 19 heavy (non-hydrogen) atoms. The van der Waals surface area contributed by atoms with Crippen LogP contribution >= 0.6 is 11.6 Å². The molecule has 0 heterocycles. The monoisotopic (exact) mass is 287 g/mol. The Morgan fingerprint density at radius 1 is 1.63 bits per heavy atom. The lowest BCUT2D eigenvalue weighted by molar-refractivity contribution is -0.384. The second-order valence-corrected chi connectivity index (χ2v) is 4.18. The molecule has 1 aromatic rings. The number of rotatable bonds is 6. The van der Waals surface area contributed by atoms with Crippen molar-refractivity contribution in [1.82, 2.24) is 0 Å². The Hall–Kier alpha value is -1.70. The molecule has 0 aliphatic carbocycles. The zero-order valence-corrected chi connectivity index (χ0v) is 11.0. The summed E-state index contributed by atoms with van der Waals surface area (Å²) in [5.74, 6) is -0.304. The molecule has 104 valence electrons. The number of ether oxygens (including phenoxy) is 1. The maximum Gasteiger partial charge on any atom is 0.288 e. The zero-order valence-electron chi connectivity index (χ0n) is 10.3. The topological polar surface area (TPSA) is 107 Å². The fourth-order valence-corrected chi connectivity index (χ4v) is 1.66. The summed E-state index contributed by atoms with van der Waals surface area (Å²) < 4.78 is 4.98. The third-order valence-electron chi connectivity index (χ3n) is 2.44.